The van der Waals surface area contributed by atoms with Crippen molar-refractivity contribution in [3.63, 3.8) is 0 Å². The Morgan fingerprint density at radius 2 is 1.51 bits per heavy atom. The number of hydrogen-bond donors (Lipinski definition) is 5. The van der Waals surface area contributed by atoms with Crippen molar-refractivity contribution in [3.8, 4) is 0 Å². The molecular formula is C28H26F3N3O7. The zero-order chi connectivity index (χ0) is 30.7. The van der Waals surface area contributed by atoms with E-state index in [2.05, 4.69) is 5.32 Å². The summed E-state index contributed by atoms with van der Waals surface area (Å²) >= 11 is 0. The minimum atomic E-state index is -5.08. The number of halogens is 3. The molecule has 4 rings (SSSR count). The van der Waals surface area contributed by atoms with Gasteiger partial charge in [-0.25, -0.2) is 9.59 Å². The summed E-state index contributed by atoms with van der Waals surface area (Å²) in [5, 5.41) is 18.9. The van der Waals surface area contributed by atoms with Gasteiger partial charge in [0.2, 0.25) is 5.91 Å². The average Bonchev–Trinajstić information content (AvgIpc) is 3.32. The molecule has 216 valence electrons. The highest BCUT2D eigenvalue weighted by molar-refractivity contribution is 6.02. The van der Waals surface area contributed by atoms with Gasteiger partial charge in [0.1, 0.15) is 0 Å². The number of nitrogens with one attached hydrogen (secondary N) is 1. The van der Waals surface area contributed by atoms with Crippen LogP contribution in [0.15, 0.2) is 72.8 Å². The fraction of sp³-hybridized carbons (Fsp3) is 0.179. The van der Waals surface area contributed by atoms with Gasteiger partial charge in [-0.05, 0) is 47.4 Å². The molecule has 0 spiro atoms. The Hall–Kier alpha value is -5.04. The molecule has 13 heteroatoms. The molecule has 10 nitrogen and oxygen atoms in total. The van der Waals surface area contributed by atoms with E-state index < -0.39 is 36.0 Å². The van der Waals surface area contributed by atoms with Crippen LogP contribution in [-0.4, -0.2) is 45.9 Å². The van der Waals surface area contributed by atoms with Crippen molar-refractivity contribution in [1.29, 1.82) is 0 Å². The van der Waals surface area contributed by atoms with Crippen LogP contribution in [0, 0.1) is 0 Å². The molecule has 41 heavy (non-hydrogen) atoms. The van der Waals surface area contributed by atoms with Gasteiger partial charge in [-0.2, -0.15) is 13.2 Å². The first-order valence-corrected chi connectivity index (χ1v) is 11.9. The Morgan fingerprint density at radius 3 is 2.05 bits per heavy atom. The van der Waals surface area contributed by atoms with Gasteiger partial charge in [0.15, 0.2) is 11.8 Å². The lowest BCUT2D eigenvalue weighted by Gasteiger charge is -2.15. The molecule has 3 aromatic rings. The number of ketones is 1. The van der Waals surface area contributed by atoms with E-state index >= 15 is 0 Å². The third-order valence-electron chi connectivity index (χ3n) is 5.63. The number of aliphatic carboxylic acids is 2. The van der Waals surface area contributed by atoms with Crippen molar-refractivity contribution in [2.24, 2.45) is 11.5 Å². The van der Waals surface area contributed by atoms with Crippen LogP contribution in [0.3, 0.4) is 0 Å². The van der Waals surface area contributed by atoms with Gasteiger partial charge in [-0.3, -0.25) is 14.4 Å². The minimum absolute atomic E-state index is 0.158. The molecule has 1 aliphatic rings. The van der Waals surface area contributed by atoms with E-state index in [4.69, 9.17) is 21.4 Å². The standard InChI is InChI=1S/C16H16N2O3.C10H9NO2.C2HF3O2/c17-10-11-5-4-8-13(9-11)15(19)18-14(16(20)21)12-6-2-1-3-7-12;11-10(13)7-1-3-8-6(5-7)2-4-9(8)12;3-2(4,5)1(6)7/h1-9,14H,10,17H2,(H,18,19)(H,20,21);1,3,5H,2,4H2,(H2,11,13);(H,6,7)/t14-;;/m1../s1. The molecule has 0 fully saturated rings. The molecule has 0 radical (unpaired) electrons. The van der Waals surface area contributed by atoms with Crippen molar-refractivity contribution in [2.45, 2.75) is 31.6 Å². The van der Waals surface area contributed by atoms with Gasteiger partial charge in [0.05, 0.1) is 0 Å². The number of benzene rings is 3. The summed E-state index contributed by atoms with van der Waals surface area (Å²) in [5.41, 5.74) is 14.5. The van der Waals surface area contributed by atoms with Crippen LogP contribution in [0.4, 0.5) is 13.2 Å². The SMILES string of the molecule is NC(=O)c1ccc2c(c1)CCC2=O.NCc1cccc(C(=O)N[C@@H](C(=O)O)c2ccccc2)c1.O=C(O)C(F)(F)F. The zero-order valence-corrected chi connectivity index (χ0v) is 21.4. The summed E-state index contributed by atoms with van der Waals surface area (Å²) in [6, 6.07) is 19.3. The van der Waals surface area contributed by atoms with E-state index in [1.54, 1.807) is 66.7 Å². The number of Topliss-reactive ketones (excluding diaryl/α,β-unsaturated/α-hetero) is 1. The van der Waals surface area contributed by atoms with Crippen LogP contribution in [0.25, 0.3) is 0 Å². The van der Waals surface area contributed by atoms with Gasteiger partial charge >= 0.3 is 18.1 Å². The summed E-state index contributed by atoms with van der Waals surface area (Å²) in [6.07, 6.45) is -3.80. The summed E-state index contributed by atoms with van der Waals surface area (Å²) < 4.78 is 31.7. The normalized spacial score (nSPS) is 12.4. The van der Waals surface area contributed by atoms with E-state index in [0.29, 0.717) is 29.7 Å². The van der Waals surface area contributed by atoms with E-state index in [1.165, 1.54) is 0 Å². The van der Waals surface area contributed by atoms with Gasteiger partial charge in [-0.15, -0.1) is 0 Å². The van der Waals surface area contributed by atoms with Crippen molar-refractivity contribution in [3.05, 3.63) is 106 Å². The average molecular weight is 574 g/mol. The molecule has 0 unspecified atom stereocenters. The van der Waals surface area contributed by atoms with Crippen LogP contribution in [0.5, 0.6) is 0 Å². The first-order chi connectivity index (χ1) is 19.2. The lowest BCUT2D eigenvalue weighted by Crippen LogP contribution is -2.33. The van der Waals surface area contributed by atoms with Crippen LogP contribution in [0.1, 0.15) is 60.2 Å². The third-order valence-corrected chi connectivity index (χ3v) is 5.63. The molecule has 0 saturated heterocycles. The molecule has 7 N–H and O–H groups in total. The van der Waals surface area contributed by atoms with Crippen molar-refractivity contribution in [2.75, 3.05) is 0 Å². The maximum Gasteiger partial charge on any atom is 0.490 e. The molecule has 1 aliphatic carbocycles. The maximum atomic E-state index is 12.2. The van der Waals surface area contributed by atoms with E-state index in [-0.39, 0.29) is 5.78 Å². The fourth-order valence-corrected chi connectivity index (χ4v) is 3.60. The number of carbonyl (C=O) groups excluding carboxylic acids is 3. The van der Waals surface area contributed by atoms with E-state index in [0.717, 1.165) is 23.1 Å². The number of hydrogen-bond acceptors (Lipinski definition) is 6. The Bertz CT molecular complexity index is 1430. The monoisotopic (exact) mass is 573 g/mol. The molecule has 0 saturated carbocycles. The van der Waals surface area contributed by atoms with Crippen LogP contribution in [-0.2, 0) is 22.6 Å². The number of carboxylic acid groups (broad SMARTS) is 2. The number of carbonyl (C=O) groups is 5. The number of rotatable bonds is 6. The maximum absolute atomic E-state index is 12.2. The molecule has 1 atom stereocenters. The van der Waals surface area contributed by atoms with Gasteiger partial charge < -0.3 is 27.0 Å². The predicted molar refractivity (Wildman–Crippen MR) is 140 cm³/mol. The lowest BCUT2D eigenvalue weighted by molar-refractivity contribution is -0.192. The number of amides is 2. The topological polar surface area (TPSA) is 190 Å². The highest BCUT2D eigenvalue weighted by Gasteiger charge is 2.38. The second-order valence-electron chi connectivity index (χ2n) is 8.52. The third kappa shape index (κ3) is 9.58. The second-order valence-corrected chi connectivity index (χ2v) is 8.52. The molecule has 3 aromatic carbocycles. The summed E-state index contributed by atoms with van der Waals surface area (Å²) in [6.45, 7) is 0.322. The van der Waals surface area contributed by atoms with Gasteiger partial charge in [-0.1, -0.05) is 48.5 Å². The number of alkyl halides is 3. The second kappa shape index (κ2) is 14.4. The molecule has 0 bridgehead atoms. The summed E-state index contributed by atoms with van der Waals surface area (Å²) in [4.78, 5) is 54.5. The first-order valence-electron chi connectivity index (χ1n) is 11.9. The van der Waals surface area contributed by atoms with Crippen LogP contribution >= 0.6 is 0 Å². The van der Waals surface area contributed by atoms with Crippen LogP contribution < -0.4 is 16.8 Å². The van der Waals surface area contributed by atoms with E-state index in [9.17, 15) is 37.5 Å². The fourth-order valence-electron chi connectivity index (χ4n) is 3.60. The molecule has 0 aromatic heterocycles. The molecular weight excluding hydrogens is 547 g/mol. The highest BCUT2D eigenvalue weighted by atomic mass is 19.4. The summed E-state index contributed by atoms with van der Waals surface area (Å²) in [5.74, 6) is -4.59. The largest absolute Gasteiger partial charge is 0.490 e. The van der Waals surface area contributed by atoms with Crippen LogP contribution in [0.2, 0.25) is 0 Å². The quantitative estimate of drug-likeness (QED) is 0.297. The Kier molecular flexibility index (Phi) is 11.3. The van der Waals surface area contributed by atoms with E-state index in [1.807, 2.05) is 6.07 Å². The smallest absolute Gasteiger partial charge is 0.479 e. The van der Waals surface area contributed by atoms with Crippen molar-refractivity contribution >= 4 is 29.5 Å². The molecule has 0 aliphatic heterocycles. The minimum Gasteiger partial charge on any atom is -0.479 e. The number of primary amides is 1. The summed E-state index contributed by atoms with van der Waals surface area (Å²) in [7, 11) is 0. The van der Waals surface area contributed by atoms with Gasteiger partial charge in [0.25, 0.3) is 5.91 Å². The number of carboxylic acids is 2. The highest BCUT2D eigenvalue weighted by Crippen LogP contribution is 2.22. The zero-order valence-electron chi connectivity index (χ0n) is 21.4. The molecule has 2 amide bonds. The first kappa shape index (κ1) is 32.2. The number of aryl methyl sites for hydroxylation is 1. The van der Waals surface area contributed by atoms with Crippen molar-refractivity contribution < 1.29 is 47.4 Å². The molecule has 0 heterocycles. The Balaban J connectivity index is 0.000000249. The number of fused-ring (bicyclic) bond motifs is 1. The van der Waals surface area contributed by atoms with Crippen molar-refractivity contribution in [1.82, 2.24) is 5.32 Å². The Morgan fingerprint density at radius 1 is 0.878 bits per heavy atom. The van der Waals surface area contributed by atoms with Gasteiger partial charge in [0, 0.05) is 29.7 Å². The lowest BCUT2D eigenvalue weighted by atomic mass is 10.1. The number of nitrogens with two attached hydrogens (primary N) is 2. The predicted octanol–water partition coefficient (Wildman–Crippen LogP) is 3.25. The Labute approximate surface area is 231 Å².